The van der Waals surface area contributed by atoms with Gasteiger partial charge in [0.1, 0.15) is 0 Å². The van der Waals surface area contributed by atoms with Gasteiger partial charge in [-0.05, 0) is 42.3 Å². The van der Waals surface area contributed by atoms with Crippen molar-refractivity contribution in [3.8, 4) is 0 Å². The number of nitrogens with one attached hydrogen (secondary N) is 1. The average Bonchev–Trinajstić information content (AvgIpc) is 2.47. The van der Waals surface area contributed by atoms with Crippen molar-refractivity contribution in [2.45, 2.75) is 17.9 Å². The molecule has 116 valence electrons. The Kier molecular flexibility index (Phi) is 4.48. The van der Waals surface area contributed by atoms with E-state index < -0.39 is 22.1 Å². The van der Waals surface area contributed by atoms with Gasteiger partial charge in [-0.3, -0.25) is 4.72 Å². The summed E-state index contributed by atoms with van der Waals surface area (Å²) in [5.41, 5.74) is 0.811. The molecule has 0 heterocycles. The third kappa shape index (κ3) is 3.63. The quantitative estimate of drug-likeness (QED) is 0.851. The van der Waals surface area contributed by atoms with Gasteiger partial charge < -0.3 is 15.0 Å². The summed E-state index contributed by atoms with van der Waals surface area (Å²) in [5, 5.41) is 20.0. The molecular weight excluding hydrogens is 306 g/mol. The highest BCUT2D eigenvalue weighted by molar-refractivity contribution is 7.92. The zero-order valence-corrected chi connectivity index (χ0v) is 12.5. The van der Waals surface area contributed by atoms with Crippen LogP contribution >= 0.6 is 0 Å². The maximum absolute atomic E-state index is 12.2. The monoisotopic (exact) mass is 320 g/mol. The first-order valence-electron chi connectivity index (χ1n) is 6.42. The summed E-state index contributed by atoms with van der Waals surface area (Å²) in [7, 11) is -3.78. The predicted molar refractivity (Wildman–Crippen MR) is 78.7 cm³/mol. The summed E-state index contributed by atoms with van der Waals surface area (Å²) in [6, 6.07) is 11.0. The molecule has 0 aromatic heterocycles. The van der Waals surface area contributed by atoms with E-state index in [0.29, 0.717) is 5.56 Å². The van der Waals surface area contributed by atoms with E-state index >= 15 is 0 Å². The Bertz CT molecular complexity index is 765. The summed E-state index contributed by atoms with van der Waals surface area (Å²) in [6.45, 7) is 1.58. The van der Waals surface area contributed by atoms with Crippen molar-refractivity contribution in [1.82, 2.24) is 0 Å². The Hall–Kier alpha value is -2.38. The van der Waals surface area contributed by atoms with Crippen LogP contribution in [0.25, 0.3) is 0 Å². The van der Waals surface area contributed by atoms with E-state index in [2.05, 4.69) is 4.72 Å². The fourth-order valence-corrected chi connectivity index (χ4v) is 2.87. The number of aliphatic hydroxyl groups excluding tert-OH is 1. The third-order valence-electron chi connectivity index (χ3n) is 3.05. The van der Waals surface area contributed by atoms with E-state index in [4.69, 9.17) is 0 Å². The molecule has 0 fully saturated rings. The Morgan fingerprint density at radius 1 is 1.09 bits per heavy atom. The molecule has 0 unspecified atom stereocenters. The van der Waals surface area contributed by atoms with Gasteiger partial charge >= 0.3 is 0 Å². The topological polar surface area (TPSA) is 107 Å². The van der Waals surface area contributed by atoms with Crippen LogP contribution in [0.3, 0.4) is 0 Å². The largest absolute Gasteiger partial charge is 0.545 e. The number of rotatable bonds is 5. The second kappa shape index (κ2) is 6.17. The molecule has 1 atom stereocenters. The van der Waals surface area contributed by atoms with Gasteiger partial charge in [0.2, 0.25) is 0 Å². The molecular formula is C15H14NO5S-. The fourth-order valence-electron chi connectivity index (χ4n) is 1.81. The summed E-state index contributed by atoms with van der Waals surface area (Å²) < 4.78 is 26.7. The van der Waals surface area contributed by atoms with Gasteiger partial charge in [0.05, 0.1) is 17.0 Å². The molecule has 0 bridgehead atoms. The van der Waals surface area contributed by atoms with E-state index in [9.17, 15) is 23.4 Å². The first kappa shape index (κ1) is 16.0. The number of anilines is 1. The van der Waals surface area contributed by atoms with E-state index in [1.54, 1.807) is 6.92 Å². The van der Waals surface area contributed by atoms with Crippen LogP contribution in [0.15, 0.2) is 53.4 Å². The Balaban J connectivity index is 2.21. The van der Waals surface area contributed by atoms with Gasteiger partial charge in [-0.15, -0.1) is 0 Å². The maximum Gasteiger partial charge on any atom is 0.261 e. The molecule has 22 heavy (non-hydrogen) atoms. The molecule has 0 aliphatic carbocycles. The van der Waals surface area contributed by atoms with Crippen molar-refractivity contribution in [2.24, 2.45) is 0 Å². The van der Waals surface area contributed by atoms with Gasteiger partial charge in [-0.25, -0.2) is 8.42 Å². The Morgan fingerprint density at radius 3 is 2.09 bits per heavy atom. The van der Waals surface area contributed by atoms with Gasteiger partial charge in [0.25, 0.3) is 10.0 Å². The molecule has 0 amide bonds. The molecule has 0 spiro atoms. The zero-order chi connectivity index (χ0) is 16.3. The van der Waals surface area contributed by atoms with Crippen LogP contribution < -0.4 is 9.83 Å². The zero-order valence-electron chi connectivity index (χ0n) is 11.7. The molecule has 0 aliphatic rings. The summed E-state index contributed by atoms with van der Waals surface area (Å²) in [6.07, 6.45) is -0.679. The summed E-state index contributed by atoms with van der Waals surface area (Å²) in [5.74, 6) is -1.33. The van der Waals surface area contributed by atoms with Gasteiger partial charge in [-0.2, -0.15) is 0 Å². The number of hydrogen-bond acceptors (Lipinski definition) is 5. The molecule has 0 aliphatic heterocycles. The average molecular weight is 320 g/mol. The summed E-state index contributed by atoms with van der Waals surface area (Å²) in [4.78, 5) is 10.7. The number of carboxylic acid groups (broad SMARTS) is 1. The lowest BCUT2D eigenvalue weighted by molar-refractivity contribution is -0.255. The first-order chi connectivity index (χ1) is 10.3. The van der Waals surface area contributed by atoms with Crippen LogP contribution in [-0.2, 0) is 10.0 Å². The number of carbonyl (C=O) groups excluding carboxylic acids is 1. The molecule has 7 heteroatoms. The highest BCUT2D eigenvalue weighted by Crippen LogP contribution is 2.19. The van der Waals surface area contributed by atoms with Crippen molar-refractivity contribution >= 4 is 21.7 Å². The number of carbonyl (C=O) groups is 1. The minimum Gasteiger partial charge on any atom is -0.545 e. The minimum absolute atomic E-state index is 0.0377. The molecule has 6 nitrogen and oxygen atoms in total. The SMILES string of the molecule is C[C@@H](O)c1ccc(S(=O)(=O)Nc2ccc(C(=O)[O-])cc2)cc1. The number of sulfonamides is 1. The second-order valence-corrected chi connectivity index (χ2v) is 6.40. The van der Waals surface area contributed by atoms with E-state index in [0.717, 1.165) is 0 Å². The molecule has 2 aromatic carbocycles. The minimum atomic E-state index is -3.78. The predicted octanol–water partition coefficient (Wildman–Crippen LogP) is 0.904. The van der Waals surface area contributed by atoms with Crippen LogP contribution in [0, 0.1) is 0 Å². The molecule has 2 rings (SSSR count). The van der Waals surface area contributed by atoms with Crippen LogP contribution in [-0.4, -0.2) is 19.5 Å². The normalized spacial score (nSPS) is 12.6. The third-order valence-corrected chi connectivity index (χ3v) is 4.44. The lowest BCUT2D eigenvalue weighted by Crippen LogP contribution is -2.22. The van der Waals surface area contributed by atoms with Gasteiger partial charge in [-0.1, -0.05) is 24.3 Å². The Labute approximate surface area is 128 Å². The second-order valence-electron chi connectivity index (χ2n) is 4.72. The number of benzene rings is 2. The van der Waals surface area contributed by atoms with Crippen molar-refractivity contribution in [3.05, 3.63) is 59.7 Å². The van der Waals surface area contributed by atoms with E-state index in [1.165, 1.54) is 48.5 Å². The smallest absolute Gasteiger partial charge is 0.261 e. The standard InChI is InChI=1S/C15H15NO5S/c1-10(17)11-4-8-14(9-5-11)22(20,21)16-13-6-2-12(3-7-13)15(18)19/h2-10,16-17H,1H3,(H,18,19)/p-1/t10-/m1/s1. The van der Waals surface area contributed by atoms with Crippen molar-refractivity contribution in [3.63, 3.8) is 0 Å². The highest BCUT2D eigenvalue weighted by atomic mass is 32.2. The van der Waals surface area contributed by atoms with Crippen LogP contribution in [0.4, 0.5) is 5.69 Å². The van der Waals surface area contributed by atoms with Gasteiger partial charge in [0, 0.05) is 5.69 Å². The Morgan fingerprint density at radius 2 is 1.64 bits per heavy atom. The van der Waals surface area contributed by atoms with E-state index in [1.807, 2.05) is 0 Å². The molecule has 2 aromatic rings. The number of carboxylic acids is 1. The van der Waals surface area contributed by atoms with E-state index in [-0.39, 0.29) is 16.1 Å². The first-order valence-corrected chi connectivity index (χ1v) is 7.90. The number of aliphatic hydroxyl groups is 1. The van der Waals surface area contributed by atoms with Crippen molar-refractivity contribution in [2.75, 3.05) is 4.72 Å². The van der Waals surface area contributed by atoms with Crippen molar-refractivity contribution < 1.29 is 23.4 Å². The van der Waals surface area contributed by atoms with Gasteiger partial charge in [0.15, 0.2) is 0 Å². The maximum atomic E-state index is 12.2. The number of aromatic carboxylic acids is 1. The highest BCUT2D eigenvalue weighted by Gasteiger charge is 2.14. The fraction of sp³-hybridized carbons (Fsp3) is 0.133. The molecule has 0 radical (unpaired) electrons. The summed E-state index contributed by atoms with van der Waals surface area (Å²) >= 11 is 0. The van der Waals surface area contributed by atoms with Crippen LogP contribution in [0.5, 0.6) is 0 Å². The molecule has 2 N–H and O–H groups in total. The lowest BCUT2D eigenvalue weighted by Gasteiger charge is -2.10. The van der Waals surface area contributed by atoms with Crippen LogP contribution in [0.2, 0.25) is 0 Å². The van der Waals surface area contributed by atoms with Crippen molar-refractivity contribution in [1.29, 1.82) is 0 Å². The number of hydrogen-bond donors (Lipinski definition) is 2. The molecule has 0 saturated carbocycles. The lowest BCUT2D eigenvalue weighted by atomic mass is 10.1. The van der Waals surface area contributed by atoms with Crippen LogP contribution in [0.1, 0.15) is 28.9 Å². The molecule has 0 saturated heterocycles.